The summed E-state index contributed by atoms with van der Waals surface area (Å²) < 4.78 is 2.17. The Bertz CT molecular complexity index is 622. The van der Waals surface area contributed by atoms with E-state index in [9.17, 15) is 0 Å². The first-order valence-electron chi connectivity index (χ1n) is 6.54. The standard InChI is InChI=1S/C15H18ClN3/c1-10(2)7-11(3)19-13-6-4-5-12(9-17)15(13)18-14(19)8-16/h4-6,10-11H,7-8H2,1-3H3. The van der Waals surface area contributed by atoms with Gasteiger partial charge in [-0.2, -0.15) is 5.26 Å². The Morgan fingerprint density at radius 3 is 2.68 bits per heavy atom. The number of fused-ring (bicyclic) bond motifs is 1. The Morgan fingerprint density at radius 1 is 1.37 bits per heavy atom. The molecule has 2 rings (SSSR count). The number of benzene rings is 1. The van der Waals surface area contributed by atoms with Crippen LogP contribution in [0.4, 0.5) is 0 Å². The number of hydrogen-bond donors (Lipinski definition) is 0. The van der Waals surface area contributed by atoms with Gasteiger partial charge in [0.05, 0.1) is 17.0 Å². The second-order valence-corrected chi connectivity index (χ2v) is 5.56. The summed E-state index contributed by atoms with van der Waals surface area (Å²) in [5.41, 5.74) is 2.37. The Balaban J connectivity index is 2.62. The lowest BCUT2D eigenvalue weighted by Crippen LogP contribution is -2.10. The maximum Gasteiger partial charge on any atom is 0.125 e. The number of alkyl halides is 1. The first kappa shape index (κ1) is 13.9. The van der Waals surface area contributed by atoms with Crippen molar-refractivity contribution in [1.82, 2.24) is 9.55 Å². The summed E-state index contributed by atoms with van der Waals surface area (Å²) in [4.78, 5) is 4.54. The molecule has 3 nitrogen and oxygen atoms in total. The Kier molecular flexibility index (Phi) is 4.11. The summed E-state index contributed by atoms with van der Waals surface area (Å²) in [5.74, 6) is 1.81. The van der Waals surface area contributed by atoms with Crippen LogP contribution in [0.2, 0.25) is 0 Å². The number of nitrogens with zero attached hydrogens (tertiary/aromatic N) is 3. The van der Waals surface area contributed by atoms with Crippen molar-refractivity contribution in [3.05, 3.63) is 29.6 Å². The molecule has 0 radical (unpaired) electrons. The molecule has 0 aliphatic carbocycles. The molecule has 1 aromatic heterocycles. The molecule has 19 heavy (non-hydrogen) atoms. The Morgan fingerprint density at radius 2 is 2.11 bits per heavy atom. The molecule has 100 valence electrons. The zero-order valence-corrected chi connectivity index (χ0v) is 12.3. The van der Waals surface area contributed by atoms with Gasteiger partial charge in [-0.1, -0.05) is 19.9 Å². The summed E-state index contributed by atoms with van der Waals surface area (Å²) in [6.45, 7) is 6.59. The van der Waals surface area contributed by atoms with E-state index < -0.39 is 0 Å². The third-order valence-electron chi connectivity index (χ3n) is 3.29. The van der Waals surface area contributed by atoms with Gasteiger partial charge in [-0.25, -0.2) is 4.98 Å². The van der Waals surface area contributed by atoms with Crippen LogP contribution in [0.1, 0.15) is 44.6 Å². The molecular weight excluding hydrogens is 258 g/mol. The topological polar surface area (TPSA) is 41.6 Å². The van der Waals surface area contributed by atoms with Crippen molar-refractivity contribution in [2.24, 2.45) is 5.92 Å². The van der Waals surface area contributed by atoms with E-state index in [1.165, 1.54) is 0 Å². The highest BCUT2D eigenvalue weighted by Crippen LogP contribution is 2.27. The second kappa shape index (κ2) is 5.63. The molecule has 0 spiro atoms. The highest BCUT2D eigenvalue weighted by atomic mass is 35.5. The monoisotopic (exact) mass is 275 g/mol. The van der Waals surface area contributed by atoms with Gasteiger partial charge < -0.3 is 4.57 Å². The zero-order valence-electron chi connectivity index (χ0n) is 11.5. The highest BCUT2D eigenvalue weighted by molar-refractivity contribution is 6.16. The van der Waals surface area contributed by atoms with Gasteiger partial charge in [0.1, 0.15) is 17.4 Å². The van der Waals surface area contributed by atoms with Crippen molar-refractivity contribution >= 4 is 22.6 Å². The largest absolute Gasteiger partial charge is 0.324 e. The molecule has 0 bridgehead atoms. The van der Waals surface area contributed by atoms with E-state index in [1.54, 1.807) is 6.07 Å². The number of para-hydroxylation sites is 1. The fraction of sp³-hybridized carbons (Fsp3) is 0.467. The van der Waals surface area contributed by atoms with Crippen LogP contribution in [0, 0.1) is 17.2 Å². The van der Waals surface area contributed by atoms with Gasteiger partial charge in [-0.05, 0) is 31.4 Å². The van der Waals surface area contributed by atoms with Crippen molar-refractivity contribution in [3.8, 4) is 6.07 Å². The smallest absolute Gasteiger partial charge is 0.125 e. The summed E-state index contributed by atoms with van der Waals surface area (Å²) in [5, 5.41) is 9.16. The van der Waals surface area contributed by atoms with E-state index in [2.05, 4.69) is 36.4 Å². The van der Waals surface area contributed by atoms with Gasteiger partial charge in [0.15, 0.2) is 0 Å². The molecule has 1 aromatic carbocycles. The quantitative estimate of drug-likeness (QED) is 0.783. The fourth-order valence-corrected chi connectivity index (χ4v) is 2.82. The summed E-state index contributed by atoms with van der Waals surface area (Å²) in [6.07, 6.45) is 1.06. The Labute approximate surface area is 118 Å². The molecular formula is C15H18ClN3. The van der Waals surface area contributed by atoms with Gasteiger partial charge >= 0.3 is 0 Å². The molecule has 0 fully saturated rings. The van der Waals surface area contributed by atoms with E-state index in [0.29, 0.717) is 23.4 Å². The molecule has 2 aromatic rings. The summed E-state index contributed by atoms with van der Waals surface area (Å²) in [6, 6.07) is 8.23. The molecule has 0 saturated heterocycles. The predicted molar refractivity (Wildman–Crippen MR) is 78.2 cm³/mol. The van der Waals surface area contributed by atoms with Crippen molar-refractivity contribution < 1.29 is 0 Å². The van der Waals surface area contributed by atoms with Gasteiger partial charge in [0, 0.05) is 6.04 Å². The average molecular weight is 276 g/mol. The minimum atomic E-state index is 0.327. The van der Waals surface area contributed by atoms with Gasteiger partial charge in [0.2, 0.25) is 0 Å². The lowest BCUT2D eigenvalue weighted by molar-refractivity contribution is 0.428. The maximum absolute atomic E-state index is 9.16. The third kappa shape index (κ3) is 2.59. The van der Waals surface area contributed by atoms with Crippen LogP contribution in [0.5, 0.6) is 0 Å². The fourth-order valence-electron chi connectivity index (χ4n) is 2.63. The van der Waals surface area contributed by atoms with Gasteiger partial charge in [-0.3, -0.25) is 0 Å². The highest BCUT2D eigenvalue weighted by Gasteiger charge is 2.17. The van der Waals surface area contributed by atoms with E-state index in [-0.39, 0.29) is 0 Å². The first-order valence-corrected chi connectivity index (χ1v) is 7.07. The van der Waals surface area contributed by atoms with Crippen LogP contribution in [-0.4, -0.2) is 9.55 Å². The SMILES string of the molecule is CC(C)CC(C)n1c(CCl)nc2c(C#N)cccc21. The average Bonchev–Trinajstić information content (AvgIpc) is 2.75. The van der Waals surface area contributed by atoms with Crippen molar-refractivity contribution in [3.63, 3.8) is 0 Å². The third-order valence-corrected chi connectivity index (χ3v) is 3.53. The van der Waals surface area contributed by atoms with Crippen molar-refractivity contribution in [2.75, 3.05) is 0 Å². The van der Waals surface area contributed by atoms with E-state index >= 15 is 0 Å². The van der Waals surface area contributed by atoms with Crippen LogP contribution >= 0.6 is 11.6 Å². The summed E-state index contributed by atoms with van der Waals surface area (Å²) in [7, 11) is 0. The van der Waals surface area contributed by atoms with Gasteiger partial charge in [0.25, 0.3) is 0 Å². The van der Waals surface area contributed by atoms with E-state index in [4.69, 9.17) is 16.9 Å². The van der Waals surface area contributed by atoms with E-state index in [0.717, 1.165) is 23.3 Å². The predicted octanol–water partition coefficient (Wildman–Crippen LogP) is 4.25. The zero-order chi connectivity index (χ0) is 14.0. The summed E-state index contributed by atoms with van der Waals surface area (Å²) >= 11 is 6.01. The number of hydrogen-bond acceptors (Lipinski definition) is 2. The molecule has 1 heterocycles. The molecule has 0 amide bonds. The number of imidazole rings is 1. The van der Waals surface area contributed by atoms with Crippen molar-refractivity contribution in [1.29, 1.82) is 5.26 Å². The number of nitriles is 1. The molecule has 4 heteroatoms. The minimum Gasteiger partial charge on any atom is -0.324 e. The molecule has 1 atom stereocenters. The second-order valence-electron chi connectivity index (χ2n) is 5.30. The lowest BCUT2D eigenvalue weighted by atomic mass is 10.0. The number of aromatic nitrogens is 2. The number of halogens is 1. The first-order chi connectivity index (χ1) is 9.08. The van der Waals surface area contributed by atoms with Crippen LogP contribution in [0.25, 0.3) is 11.0 Å². The molecule has 0 aliphatic rings. The van der Waals surface area contributed by atoms with Crippen LogP contribution in [0.15, 0.2) is 18.2 Å². The minimum absolute atomic E-state index is 0.327. The lowest BCUT2D eigenvalue weighted by Gasteiger charge is -2.18. The Hall–Kier alpha value is -1.53. The normalized spacial score (nSPS) is 12.8. The molecule has 0 aliphatic heterocycles. The van der Waals surface area contributed by atoms with Crippen LogP contribution in [0.3, 0.4) is 0 Å². The van der Waals surface area contributed by atoms with Crippen LogP contribution < -0.4 is 0 Å². The van der Waals surface area contributed by atoms with Crippen LogP contribution in [-0.2, 0) is 5.88 Å². The molecule has 0 N–H and O–H groups in total. The van der Waals surface area contributed by atoms with Gasteiger partial charge in [-0.15, -0.1) is 11.6 Å². The van der Waals surface area contributed by atoms with Crippen molar-refractivity contribution in [2.45, 2.75) is 39.1 Å². The molecule has 1 unspecified atom stereocenters. The van der Waals surface area contributed by atoms with E-state index in [1.807, 2.05) is 12.1 Å². The maximum atomic E-state index is 9.16. The number of rotatable bonds is 4. The molecule has 0 saturated carbocycles.